The molecule has 1 atom stereocenters. The summed E-state index contributed by atoms with van der Waals surface area (Å²) in [4.78, 5) is 0. The highest BCUT2D eigenvalue weighted by Crippen LogP contribution is 2.29. The Hall–Kier alpha value is -1.38. The Labute approximate surface area is 120 Å². The van der Waals surface area contributed by atoms with Crippen molar-refractivity contribution in [2.75, 3.05) is 6.54 Å². The van der Waals surface area contributed by atoms with Gasteiger partial charge in [-0.25, -0.2) is 0 Å². The fraction of sp³-hybridized carbons (Fsp3) is 0.444. The van der Waals surface area contributed by atoms with E-state index in [2.05, 4.69) is 36.5 Å². The molecule has 0 bridgehead atoms. The van der Waals surface area contributed by atoms with Gasteiger partial charge in [0.25, 0.3) is 0 Å². The van der Waals surface area contributed by atoms with Crippen molar-refractivity contribution >= 4 is 10.8 Å². The van der Waals surface area contributed by atoms with Crippen LogP contribution in [-0.4, -0.2) is 17.2 Å². The molecule has 106 valence electrons. The fourth-order valence-electron chi connectivity index (χ4n) is 3.21. The van der Waals surface area contributed by atoms with Crippen molar-refractivity contribution in [1.29, 1.82) is 0 Å². The van der Waals surface area contributed by atoms with Crippen LogP contribution in [0.25, 0.3) is 10.8 Å². The Balaban J connectivity index is 1.70. The van der Waals surface area contributed by atoms with E-state index in [1.54, 1.807) is 0 Å². The quantitative estimate of drug-likeness (QED) is 0.885. The summed E-state index contributed by atoms with van der Waals surface area (Å²) in [6.07, 6.45) is 4.61. The van der Waals surface area contributed by atoms with E-state index in [0.717, 1.165) is 5.56 Å². The molecule has 2 aromatic rings. The second kappa shape index (κ2) is 5.55. The Bertz CT molecular complexity index is 587. The summed E-state index contributed by atoms with van der Waals surface area (Å²) in [6, 6.07) is 14.5. The molecule has 0 saturated heterocycles. The van der Waals surface area contributed by atoms with Crippen molar-refractivity contribution in [3.8, 4) is 0 Å². The Morgan fingerprint density at radius 3 is 2.55 bits per heavy atom. The summed E-state index contributed by atoms with van der Waals surface area (Å²) in [5.41, 5.74) is 1.22. The zero-order valence-corrected chi connectivity index (χ0v) is 12.1. The number of aliphatic hydroxyl groups is 1. The Kier molecular flexibility index (Phi) is 3.77. The van der Waals surface area contributed by atoms with Crippen LogP contribution >= 0.6 is 0 Å². The van der Waals surface area contributed by atoms with Crippen molar-refractivity contribution in [1.82, 2.24) is 5.32 Å². The van der Waals surface area contributed by atoms with Gasteiger partial charge < -0.3 is 10.4 Å². The van der Waals surface area contributed by atoms with Gasteiger partial charge in [0, 0.05) is 12.1 Å². The molecule has 2 N–H and O–H groups in total. The number of rotatable bonds is 4. The standard InChI is InChI=1S/C18H23NO/c1-18(10-4-5-11-18)19-13-17(20)16-9-8-14-6-2-3-7-15(14)12-16/h2-3,6-9,12,17,19-20H,4-5,10-11,13H2,1H3. The minimum absolute atomic E-state index is 0.220. The van der Waals surface area contributed by atoms with Gasteiger partial charge in [-0.1, -0.05) is 49.2 Å². The first-order chi connectivity index (χ1) is 9.66. The van der Waals surface area contributed by atoms with E-state index in [9.17, 15) is 5.11 Å². The van der Waals surface area contributed by atoms with Crippen LogP contribution in [0.15, 0.2) is 42.5 Å². The van der Waals surface area contributed by atoms with E-state index >= 15 is 0 Å². The van der Waals surface area contributed by atoms with Crippen molar-refractivity contribution in [2.24, 2.45) is 0 Å². The van der Waals surface area contributed by atoms with E-state index < -0.39 is 6.10 Å². The van der Waals surface area contributed by atoms with Crippen LogP contribution in [0.5, 0.6) is 0 Å². The predicted molar refractivity (Wildman–Crippen MR) is 83.8 cm³/mol. The SMILES string of the molecule is CC1(NCC(O)c2ccc3ccccc3c2)CCCC1. The largest absolute Gasteiger partial charge is 0.387 e. The number of β-amino-alcohol motifs (C(OH)–C–C–N with tert-alkyl or cyclic N) is 1. The van der Waals surface area contributed by atoms with Gasteiger partial charge in [-0.05, 0) is 42.2 Å². The molecular weight excluding hydrogens is 246 g/mol. The van der Waals surface area contributed by atoms with E-state index in [1.165, 1.54) is 36.5 Å². The lowest BCUT2D eigenvalue weighted by Gasteiger charge is -2.27. The highest BCUT2D eigenvalue weighted by atomic mass is 16.3. The highest BCUT2D eigenvalue weighted by molar-refractivity contribution is 5.83. The average Bonchev–Trinajstić information content (AvgIpc) is 2.91. The number of aliphatic hydroxyl groups excluding tert-OH is 1. The summed E-state index contributed by atoms with van der Waals surface area (Å²) in [6.45, 7) is 2.90. The lowest BCUT2D eigenvalue weighted by molar-refractivity contribution is 0.159. The maximum atomic E-state index is 10.4. The van der Waals surface area contributed by atoms with Crippen molar-refractivity contribution < 1.29 is 5.11 Å². The molecule has 0 spiro atoms. The van der Waals surface area contributed by atoms with Crippen LogP contribution < -0.4 is 5.32 Å². The summed E-state index contributed by atoms with van der Waals surface area (Å²) >= 11 is 0. The van der Waals surface area contributed by atoms with Crippen LogP contribution in [0.1, 0.15) is 44.3 Å². The minimum atomic E-state index is -0.433. The zero-order valence-electron chi connectivity index (χ0n) is 12.1. The first-order valence-corrected chi connectivity index (χ1v) is 7.58. The molecule has 0 amide bonds. The second-order valence-corrected chi connectivity index (χ2v) is 6.27. The highest BCUT2D eigenvalue weighted by Gasteiger charge is 2.28. The molecule has 2 aromatic carbocycles. The lowest BCUT2D eigenvalue weighted by atomic mass is 9.99. The summed E-state index contributed by atoms with van der Waals surface area (Å²) in [5, 5.41) is 16.4. The van der Waals surface area contributed by atoms with Crippen LogP contribution in [0, 0.1) is 0 Å². The first-order valence-electron chi connectivity index (χ1n) is 7.58. The number of benzene rings is 2. The first kappa shape index (κ1) is 13.6. The third-order valence-electron chi connectivity index (χ3n) is 4.59. The van der Waals surface area contributed by atoms with Crippen LogP contribution in [-0.2, 0) is 0 Å². The van der Waals surface area contributed by atoms with Gasteiger partial charge in [-0.15, -0.1) is 0 Å². The number of hydrogen-bond acceptors (Lipinski definition) is 2. The number of hydrogen-bond donors (Lipinski definition) is 2. The molecule has 2 nitrogen and oxygen atoms in total. The van der Waals surface area contributed by atoms with Gasteiger partial charge in [0.15, 0.2) is 0 Å². The summed E-state index contributed by atoms with van der Waals surface area (Å²) < 4.78 is 0. The van der Waals surface area contributed by atoms with E-state index in [4.69, 9.17) is 0 Å². The molecular formula is C18H23NO. The molecule has 0 radical (unpaired) electrons. The van der Waals surface area contributed by atoms with Crippen LogP contribution in [0.3, 0.4) is 0 Å². The third kappa shape index (κ3) is 2.87. The van der Waals surface area contributed by atoms with Crippen molar-refractivity contribution in [3.63, 3.8) is 0 Å². The van der Waals surface area contributed by atoms with Gasteiger partial charge in [0.1, 0.15) is 0 Å². The van der Waals surface area contributed by atoms with E-state index in [0.29, 0.717) is 6.54 Å². The summed E-state index contributed by atoms with van der Waals surface area (Å²) in [7, 11) is 0. The molecule has 1 unspecified atom stereocenters. The van der Waals surface area contributed by atoms with Gasteiger partial charge in [-0.3, -0.25) is 0 Å². The fourth-order valence-corrected chi connectivity index (χ4v) is 3.21. The smallest absolute Gasteiger partial charge is 0.0914 e. The van der Waals surface area contributed by atoms with Crippen LogP contribution in [0.4, 0.5) is 0 Å². The molecule has 0 aromatic heterocycles. The number of fused-ring (bicyclic) bond motifs is 1. The Morgan fingerprint density at radius 2 is 1.80 bits per heavy atom. The monoisotopic (exact) mass is 269 g/mol. The van der Waals surface area contributed by atoms with Gasteiger partial charge in [-0.2, -0.15) is 0 Å². The van der Waals surface area contributed by atoms with Gasteiger partial charge >= 0.3 is 0 Å². The molecule has 3 rings (SSSR count). The number of nitrogens with one attached hydrogen (secondary N) is 1. The second-order valence-electron chi connectivity index (χ2n) is 6.27. The van der Waals surface area contributed by atoms with E-state index in [1.807, 2.05) is 18.2 Å². The van der Waals surface area contributed by atoms with Crippen molar-refractivity contribution in [3.05, 3.63) is 48.0 Å². The zero-order chi connectivity index (χ0) is 14.0. The molecule has 1 saturated carbocycles. The minimum Gasteiger partial charge on any atom is -0.387 e. The molecule has 1 fully saturated rings. The maximum Gasteiger partial charge on any atom is 0.0914 e. The van der Waals surface area contributed by atoms with Crippen LogP contribution in [0.2, 0.25) is 0 Å². The third-order valence-corrected chi connectivity index (χ3v) is 4.59. The Morgan fingerprint density at radius 1 is 1.10 bits per heavy atom. The van der Waals surface area contributed by atoms with Gasteiger partial charge in [0.2, 0.25) is 0 Å². The van der Waals surface area contributed by atoms with E-state index in [-0.39, 0.29) is 5.54 Å². The normalized spacial score (nSPS) is 19.3. The average molecular weight is 269 g/mol. The molecule has 1 aliphatic rings. The summed E-state index contributed by atoms with van der Waals surface area (Å²) in [5.74, 6) is 0. The molecule has 0 heterocycles. The topological polar surface area (TPSA) is 32.3 Å². The molecule has 0 aliphatic heterocycles. The molecule has 20 heavy (non-hydrogen) atoms. The lowest BCUT2D eigenvalue weighted by Crippen LogP contribution is -2.41. The molecule has 1 aliphatic carbocycles. The predicted octanol–water partition coefficient (Wildman–Crippen LogP) is 3.80. The van der Waals surface area contributed by atoms with Gasteiger partial charge in [0.05, 0.1) is 6.10 Å². The molecule has 2 heteroatoms. The van der Waals surface area contributed by atoms with Crippen molar-refractivity contribution in [2.45, 2.75) is 44.2 Å². The maximum absolute atomic E-state index is 10.4.